The minimum absolute atomic E-state index is 0.224. The Kier molecular flexibility index (Phi) is 6.22. The zero-order valence-electron chi connectivity index (χ0n) is 11.5. The molecule has 1 rings (SSSR count). The van der Waals surface area contributed by atoms with Gasteiger partial charge in [-0.25, -0.2) is 4.57 Å². The number of rotatable bonds is 7. The maximum atomic E-state index is 12.2. The second-order valence-electron chi connectivity index (χ2n) is 3.94. The zero-order valence-corrected chi connectivity index (χ0v) is 12.4. The monoisotopic (exact) mass is 285 g/mol. The van der Waals surface area contributed by atoms with Crippen molar-refractivity contribution in [1.82, 2.24) is 0 Å². The first kappa shape index (κ1) is 15.9. The van der Waals surface area contributed by atoms with Gasteiger partial charge in [0.05, 0.1) is 13.2 Å². The second kappa shape index (κ2) is 7.43. The van der Waals surface area contributed by atoms with Gasteiger partial charge in [-0.2, -0.15) is 4.74 Å². The Balaban J connectivity index is 2.93. The van der Waals surface area contributed by atoms with Crippen LogP contribution in [0, 0.1) is 5.21 Å². The van der Waals surface area contributed by atoms with Crippen molar-refractivity contribution in [2.45, 2.75) is 26.8 Å². The van der Waals surface area contributed by atoms with E-state index in [1.54, 1.807) is 20.8 Å². The summed E-state index contributed by atoms with van der Waals surface area (Å²) in [5.74, 6) is 1.01. The van der Waals surface area contributed by atoms with Crippen LogP contribution in [0.4, 0.5) is 0 Å². The van der Waals surface area contributed by atoms with Gasteiger partial charge in [-0.1, -0.05) is 30.3 Å². The van der Waals surface area contributed by atoms with Crippen LogP contribution in [0.25, 0.3) is 0 Å². The highest BCUT2D eigenvalue weighted by molar-refractivity contribution is 7.69. The third-order valence-corrected chi connectivity index (χ3v) is 4.28. The van der Waals surface area contributed by atoms with Crippen LogP contribution < -0.4 is 0 Å². The molecule has 0 aliphatic carbocycles. The normalized spacial score (nSPS) is 14.4. The molecule has 0 saturated heterocycles. The van der Waals surface area contributed by atoms with Gasteiger partial charge in [0.15, 0.2) is 6.04 Å². The second-order valence-corrected chi connectivity index (χ2v) is 5.76. The summed E-state index contributed by atoms with van der Waals surface area (Å²) in [5, 5.41) is 12.0. The Hall–Kier alpha value is -1.16. The van der Waals surface area contributed by atoms with Gasteiger partial charge in [-0.05, 0) is 13.8 Å². The van der Waals surface area contributed by atoms with Crippen LogP contribution in [0.3, 0.4) is 0 Å². The SMILES string of the molecule is CCOP(=O)(/C=[N+](/[O-])[C@H](C)c1ccccc1)OCC. The predicted molar refractivity (Wildman–Crippen MR) is 75.4 cm³/mol. The molecular formula is C13H20NO4P. The molecule has 0 aliphatic rings. The zero-order chi connectivity index (χ0) is 14.3. The average molecular weight is 285 g/mol. The van der Waals surface area contributed by atoms with E-state index in [0.717, 1.165) is 11.5 Å². The van der Waals surface area contributed by atoms with Crippen molar-refractivity contribution in [3.8, 4) is 0 Å². The van der Waals surface area contributed by atoms with E-state index >= 15 is 0 Å². The van der Waals surface area contributed by atoms with Gasteiger partial charge in [0, 0.05) is 12.5 Å². The Morgan fingerprint density at radius 1 is 1.26 bits per heavy atom. The van der Waals surface area contributed by atoms with Crippen LogP contribution in [0.1, 0.15) is 32.4 Å². The van der Waals surface area contributed by atoms with Gasteiger partial charge >= 0.3 is 7.60 Å². The molecule has 0 amide bonds. The molecule has 5 nitrogen and oxygen atoms in total. The van der Waals surface area contributed by atoms with Crippen molar-refractivity contribution in [2.24, 2.45) is 0 Å². The highest BCUT2D eigenvalue weighted by Crippen LogP contribution is 2.45. The summed E-state index contributed by atoms with van der Waals surface area (Å²) in [5.41, 5.74) is 0.841. The van der Waals surface area contributed by atoms with Crippen LogP contribution in [0.2, 0.25) is 0 Å². The molecule has 19 heavy (non-hydrogen) atoms. The van der Waals surface area contributed by atoms with E-state index in [1.165, 1.54) is 0 Å². The highest BCUT2D eigenvalue weighted by Gasteiger charge is 2.27. The Labute approximate surface area is 114 Å². The summed E-state index contributed by atoms with van der Waals surface area (Å²) in [4.78, 5) is 0. The molecule has 0 unspecified atom stereocenters. The summed E-state index contributed by atoms with van der Waals surface area (Å²) in [6.45, 7) is 5.59. The van der Waals surface area contributed by atoms with E-state index < -0.39 is 13.6 Å². The molecule has 0 heterocycles. The van der Waals surface area contributed by atoms with Gasteiger partial charge in [0.2, 0.25) is 0 Å². The largest absolute Gasteiger partial charge is 0.623 e. The fourth-order valence-electron chi connectivity index (χ4n) is 1.58. The first-order chi connectivity index (χ1) is 9.02. The molecule has 6 heteroatoms. The summed E-state index contributed by atoms with van der Waals surface area (Å²) in [6, 6.07) is 8.82. The van der Waals surface area contributed by atoms with Gasteiger partial charge in [0.1, 0.15) is 0 Å². The highest BCUT2D eigenvalue weighted by atomic mass is 31.2. The van der Waals surface area contributed by atoms with E-state index in [-0.39, 0.29) is 13.2 Å². The van der Waals surface area contributed by atoms with Crippen LogP contribution >= 0.6 is 7.60 Å². The quantitative estimate of drug-likeness (QED) is 0.253. The molecule has 0 aromatic heterocycles. The fraction of sp³-hybridized carbons (Fsp3) is 0.462. The summed E-state index contributed by atoms with van der Waals surface area (Å²) < 4.78 is 23.0. The van der Waals surface area contributed by atoms with Gasteiger partial charge in [0.25, 0.3) is 5.96 Å². The molecule has 0 radical (unpaired) electrons. The minimum atomic E-state index is -3.46. The third kappa shape index (κ3) is 4.78. The summed E-state index contributed by atoms with van der Waals surface area (Å²) in [6.07, 6.45) is 0. The van der Waals surface area contributed by atoms with Gasteiger partial charge in [-0.3, -0.25) is 0 Å². The van der Waals surface area contributed by atoms with Crippen molar-refractivity contribution in [1.29, 1.82) is 0 Å². The Bertz CT molecular complexity index is 451. The molecule has 0 N–H and O–H groups in total. The van der Waals surface area contributed by atoms with Gasteiger partial charge in [-0.15, -0.1) is 0 Å². The van der Waals surface area contributed by atoms with Crippen LogP contribution in [0.5, 0.6) is 0 Å². The maximum absolute atomic E-state index is 12.2. The van der Waals surface area contributed by atoms with Crippen molar-refractivity contribution in [2.75, 3.05) is 13.2 Å². The lowest BCUT2D eigenvalue weighted by Gasteiger charge is -2.16. The lowest BCUT2D eigenvalue weighted by molar-refractivity contribution is -0.497. The van der Waals surface area contributed by atoms with Crippen molar-refractivity contribution < 1.29 is 18.4 Å². The number of hydrogen-bond donors (Lipinski definition) is 0. The average Bonchev–Trinajstić information content (AvgIpc) is 2.39. The van der Waals surface area contributed by atoms with E-state index in [4.69, 9.17) is 9.05 Å². The first-order valence-electron chi connectivity index (χ1n) is 6.27. The molecule has 0 bridgehead atoms. The third-order valence-electron chi connectivity index (χ3n) is 2.54. The Morgan fingerprint density at radius 3 is 2.26 bits per heavy atom. The van der Waals surface area contributed by atoms with E-state index in [9.17, 15) is 9.77 Å². The Morgan fingerprint density at radius 2 is 1.79 bits per heavy atom. The standard InChI is InChI=1S/C13H20NO4P/c1-4-17-19(16,18-5-2)11-14(15)12(3)13-9-7-6-8-10-13/h6-12H,4-5H2,1-3H3/b14-11+/t12-/m1/s1. The van der Waals surface area contributed by atoms with Crippen molar-refractivity contribution >= 4 is 13.6 Å². The summed E-state index contributed by atoms with van der Waals surface area (Å²) >= 11 is 0. The van der Waals surface area contributed by atoms with Gasteiger partial charge < -0.3 is 14.3 Å². The lowest BCUT2D eigenvalue weighted by Crippen LogP contribution is -2.13. The molecule has 1 atom stereocenters. The molecule has 1 aromatic rings. The van der Waals surface area contributed by atoms with E-state index in [1.807, 2.05) is 30.3 Å². The number of hydrogen-bond acceptors (Lipinski definition) is 4. The van der Waals surface area contributed by atoms with Crippen LogP contribution in [0.15, 0.2) is 30.3 Å². The summed E-state index contributed by atoms with van der Waals surface area (Å²) in [7, 11) is -3.46. The van der Waals surface area contributed by atoms with Crippen molar-refractivity contribution in [3.05, 3.63) is 41.1 Å². The molecule has 1 aromatic carbocycles. The fourth-order valence-corrected chi connectivity index (χ4v) is 2.99. The van der Waals surface area contributed by atoms with E-state index in [0.29, 0.717) is 4.74 Å². The van der Waals surface area contributed by atoms with Crippen LogP contribution in [-0.4, -0.2) is 23.9 Å². The predicted octanol–water partition coefficient (Wildman–Crippen LogP) is 3.55. The number of nitrogens with zero attached hydrogens (tertiary/aromatic N) is 1. The molecule has 0 aliphatic heterocycles. The lowest BCUT2D eigenvalue weighted by atomic mass is 10.1. The van der Waals surface area contributed by atoms with Crippen molar-refractivity contribution in [3.63, 3.8) is 0 Å². The molecule has 106 valence electrons. The first-order valence-corrected chi connectivity index (χ1v) is 7.89. The molecule has 0 saturated carbocycles. The topological polar surface area (TPSA) is 61.6 Å². The minimum Gasteiger partial charge on any atom is -0.623 e. The van der Waals surface area contributed by atoms with E-state index in [2.05, 4.69) is 0 Å². The smallest absolute Gasteiger partial charge is 0.417 e. The molecular weight excluding hydrogens is 265 g/mol. The molecule has 0 spiro atoms. The van der Waals surface area contributed by atoms with Crippen LogP contribution in [-0.2, 0) is 13.6 Å². The number of benzene rings is 1. The maximum Gasteiger partial charge on any atom is 0.417 e. The number of hydroxylamine groups is 1. The molecule has 0 fully saturated rings.